The van der Waals surface area contributed by atoms with E-state index < -0.39 is 17.9 Å². The van der Waals surface area contributed by atoms with Crippen molar-refractivity contribution in [3.63, 3.8) is 0 Å². The first-order chi connectivity index (χ1) is 13.0. The van der Waals surface area contributed by atoms with Crippen LogP contribution in [0.15, 0.2) is 35.6 Å². The SMILES string of the molecule is CCCSc1ncc(CC(C(=O)O)C(=O)OCC)n1Cc1ccccc1Cl. The van der Waals surface area contributed by atoms with Crippen molar-refractivity contribution in [2.24, 2.45) is 5.92 Å². The van der Waals surface area contributed by atoms with Crippen molar-refractivity contribution in [3.05, 3.63) is 46.7 Å². The fourth-order valence-corrected chi connectivity index (χ4v) is 3.60. The van der Waals surface area contributed by atoms with Gasteiger partial charge in [-0.05, 0) is 25.0 Å². The van der Waals surface area contributed by atoms with Gasteiger partial charge in [-0.15, -0.1) is 0 Å². The van der Waals surface area contributed by atoms with E-state index in [4.69, 9.17) is 16.3 Å². The van der Waals surface area contributed by atoms with E-state index in [1.54, 1.807) is 24.9 Å². The van der Waals surface area contributed by atoms with Crippen LogP contribution in [0.3, 0.4) is 0 Å². The molecule has 1 atom stereocenters. The zero-order chi connectivity index (χ0) is 19.8. The quantitative estimate of drug-likeness (QED) is 0.363. The first-order valence-corrected chi connectivity index (χ1v) is 10.1. The Balaban J connectivity index is 2.34. The van der Waals surface area contributed by atoms with Crippen LogP contribution in [0.5, 0.6) is 0 Å². The molecule has 2 rings (SSSR count). The Labute approximate surface area is 167 Å². The van der Waals surface area contributed by atoms with Gasteiger partial charge in [-0.1, -0.05) is 48.5 Å². The van der Waals surface area contributed by atoms with Crippen LogP contribution < -0.4 is 0 Å². The molecule has 6 nitrogen and oxygen atoms in total. The van der Waals surface area contributed by atoms with Crippen molar-refractivity contribution in [1.82, 2.24) is 9.55 Å². The summed E-state index contributed by atoms with van der Waals surface area (Å²) in [6, 6.07) is 7.48. The van der Waals surface area contributed by atoms with Gasteiger partial charge in [0.25, 0.3) is 0 Å². The number of ether oxygens (including phenoxy) is 1. The number of esters is 1. The Hall–Kier alpha value is -1.99. The van der Waals surface area contributed by atoms with Crippen LogP contribution in [0.2, 0.25) is 5.02 Å². The lowest BCUT2D eigenvalue weighted by Gasteiger charge is -2.15. The van der Waals surface area contributed by atoms with E-state index in [9.17, 15) is 14.7 Å². The number of benzene rings is 1. The van der Waals surface area contributed by atoms with Crippen LogP contribution in [0.4, 0.5) is 0 Å². The fourth-order valence-electron chi connectivity index (χ4n) is 2.55. The molecule has 1 heterocycles. The third kappa shape index (κ3) is 5.74. The monoisotopic (exact) mass is 410 g/mol. The van der Waals surface area contributed by atoms with Gasteiger partial charge < -0.3 is 14.4 Å². The topological polar surface area (TPSA) is 81.4 Å². The molecule has 0 aliphatic rings. The summed E-state index contributed by atoms with van der Waals surface area (Å²) in [7, 11) is 0. The zero-order valence-electron chi connectivity index (χ0n) is 15.4. The first-order valence-electron chi connectivity index (χ1n) is 8.77. The van der Waals surface area contributed by atoms with Gasteiger partial charge in [0.1, 0.15) is 0 Å². The van der Waals surface area contributed by atoms with Crippen LogP contribution in [-0.4, -0.2) is 39.0 Å². The van der Waals surface area contributed by atoms with Crippen molar-refractivity contribution in [2.45, 2.75) is 38.4 Å². The Morgan fingerprint density at radius 1 is 1.33 bits per heavy atom. The first kappa shape index (κ1) is 21.3. The molecule has 0 saturated heterocycles. The van der Waals surface area contributed by atoms with Crippen LogP contribution in [-0.2, 0) is 27.3 Å². The highest BCUT2D eigenvalue weighted by atomic mass is 35.5. The van der Waals surface area contributed by atoms with Crippen LogP contribution >= 0.6 is 23.4 Å². The largest absolute Gasteiger partial charge is 0.481 e. The minimum absolute atomic E-state index is 0.0122. The number of hydrogen-bond acceptors (Lipinski definition) is 5. The summed E-state index contributed by atoms with van der Waals surface area (Å²) in [5.41, 5.74) is 1.56. The average Bonchev–Trinajstić information content (AvgIpc) is 3.01. The molecule has 0 bridgehead atoms. The summed E-state index contributed by atoms with van der Waals surface area (Å²) in [5, 5.41) is 10.9. The molecule has 146 valence electrons. The summed E-state index contributed by atoms with van der Waals surface area (Å²) >= 11 is 7.88. The lowest BCUT2D eigenvalue weighted by atomic mass is 10.0. The maximum Gasteiger partial charge on any atom is 0.320 e. The Bertz CT molecular complexity index is 794. The van der Waals surface area contributed by atoms with Crippen molar-refractivity contribution in [3.8, 4) is 0 Å². The molecule has 0 aliphatic heterocycles. The van der Waals surface area contributed by atoms with Gasteiger partial charge in [-0.25, -0.2) is 4.98 Å². The molecular formula is C19H23ClN2O4S. The molecule has 1 N–H and O–H groups in total. The number of aromatic nitrogens is 2. The molecule has 1 unspecified atom stereocenters. The van der Waals surface area contributed by atoms with E-state index in [0.29, 0.717) is 17.3 Å². The van der Waals surface area contributed by atoms with E-state index >= 15 is 0 Å². The standard InChI is InChI=1S/C19H23ClN2O4S/c1-3-9-27-19-21-11-14(10-15(17(23)24)18(25)26-4-2)22(19)12-13-7-5-6-8-16(13)20/h5-8,11,15H,3-4,9-10,12H2,1-2H3,(H,23,24). The van der Waals surface area contributed by atoms with Crippen molar-refractivity contribution >= 4 is 35.3 Å². The van der Waals surface area contributed by atoms with Gasteiger partial charge in [-0.3, -0.25) is 9.59 Å². The summed E-state index contributed by atoms with van der Waals surface area (Å²) in [4.78, 5) is 28.0. The summed E-state index contributed by atoms with van der Waals surface area (Å²) in [5.74, 6) is -2.32. The molecule has 1 aromatic heterocycles. The maximum atomic E-state index is 12.0. The fraction of sp³-hybridized carbons (Fsp3) is 0.421. The normalized spacial score (nSPS) is 12.0. The van der Waals surface area contributed by atoms with Gasteiger partial charge in [0.15, 0.2) is 11.1 Å². The molecule has 0 saturated carbocycles. The van der Waals surface area contributed by atoms with Crippen molar-refractivity contribution in [2.75, 3.05) is 12.4 Å². The molecule has 0 aliphatic carbocycles. The molecule has 2 aromatic rings. The minimum atomic E-state index is -1.27. The van der Waals surface area contributed by atoms with E-state index in [0.717, 1.165) is 22.9 Å². The second-order valence-electron chi connectivity index (χ2n) is 5.91. The molecular weight excluding hydrogens is 388 g/mol. The number of halogens is 1. The number of carboxylic acid groups (broad SMARTS) is 1. The second kappa shape index (κ2) is 10.4. The number of thioether (sulfide) groups is 1. The van der Waals surface area contributed by atoms with E-state index in [1.165, 1.54) is 0 Å². The maximum absolute atomic E-state index is 12.0. The number of carboxylic acids is 1. The average molecular weight is 411 g/mol. The Morgan fingerprint density at radius 3 is 2.70 bits per heavy atom. The highest BCUT2D eigenvalue weighted by Gasteiger charge is 2.30. The molecule has 1 aromatic carbocycles. The third-order valence-electron chi connectivity index (χ3n) is 3.91. The summed E-state index contributed by atoms with van der Waals surface area (Å²) in [6.45, 7) is 4.32. The number of carbonyl (C=O) groups excluding carboxylic acids is 1. The smallest absolute Gasteiger partial charge is 0.320 e. The van der Waals surface area contributed by atoms with Gasteiger partial charge in [0.2, 0.25) is 0 Å². The molecule has 27 heavy (non-hydrogen) atoms. The van der Waals surface area contributed by atoms with Gasteiger partial charge >= 0.3 is 11.9 Å². The Morgan fingerprint density at radius 2 is 2.07 bits per heavy atom. The number of rotatable bonds is 10. The van der Waals surface area contributed by atoms with Crippen LogP contribution in [0.25, 0.3) is 0 Å². The van der Waals surface area contributed by atoms with Crippen molar-refractivity contribution in [1.29, 1.82) is 0 Å². The number of hydrogen-bond donors (Lipinski definition) is 1. The van der Waals surface area contributed by atoms with E-state index in [-0.39, 0.29) is 13.0 Å². The number of imidazole rings is 1. The van der Waals surface area contributed by atoms with Crippen LogP contribution in [0, 0.1) is 5.92 Å². The third-order valence-corrected chi connectivity index (χ3v) is 5.47. The predicted molar refractivity (Wildman–Crippen MR) is 105 cm³/mol. The molecule has 0 amide bonds. The lowest BCUT2D eigenvalue weighted by molar-refractivity contribution is -0.158. The lowest BCUT2D eigenvalue weighted by Crippen LogP contribution is -2.29. The van der Waals surface area contributed by atoms with Crippen LogP contribution in [0.1, 0.15) is 31.5 Å². The zero-order valence-corrected chi connectivity index (χ0v) is 16.9. The molecule has 0 fully saturated rings. The Kier molecular flexibility index (Phi) is 8.19. The molecule has 8 heteroatoms. The van der Waals surface area contributed by atoms with E-state index in [1.807, 2.05) is 28.8 Å². The highest BCUT2D eigenvalue weighted by molar-refractivity contribution is 7.99. The number of aliphatic carboxylic acids is 1. The predicted octanol–water partition coefficient (Wildman–Crippen LogP) is 3.89. The molecule has 0 radical (unpaired) electrons. The number of nitrogens with zero attached hydrogens (tertiary/aromatic N) is 2. The highest BCUT2D eigenvalue weighted by Crippen LogP contribution is 2.25. The summed E-state index contributed by atoms with van der Waals surface area (Å²) in [6.07, 6.45) is 2.63. The molecule has 0 spiro atoms. The number of carbonyl (C=O) groups is 2. The summed E-state index contributed by atoms with van der Waals surface area (Å²) < 4.78 is 6.84. The van der Waals surface area contributed by atoms with Crippen molar-refractivity contribution < 1.29 is 19.4 Å². The van der Waals surface area contributed by atoms with Gasteiger partial charge in [-0.2, -0.15) is 0 Å². The van der Waals surface area contributed by atoms with Gasteiger partial charge in [0, 0.05) is 29.1 Å². The van der Waals surface area contributed by atoms with E-state index in [2.05, 4.69) is 11.9 Å². The van der Waals surface area contributed by atoms with Gasteiger partial charge in [0.05, 0.1) is 13.2 Å². The minimum Gasteiger partial charge on any atom is -0.481 e. The second-order valence-corrected chi connectivity index (χ2v) is 7.37.